The Hall–Kier alpha value is -2.40. The minimum absolute atomic E-state index is 0.0669. The van der Waals surface area contributed by atoms with E-state index in [0.29, 0.717) is 13.0 Å². The molecule has 1 spiro atoms. The third-order valence-electron chi connectivity index (χ3n) is 7.21. The zero-order valence-corrected chi connectivity index (χ0v) is 17.8. The summed E-state index contributed by atoms with van der Waals surface area (Å²) in [6.45, 7) is 4.84. The first kappa shape index (κ1) is 19.6. The fourth-order valence-corrected chi connectivity index (χ4v) is 5.54. The van der Waals surface area contributed by atoms with Crippen LogP contribution in [0.5, 0.6) is 0 Å². The van der Waals surface area contributed by atoms with Crippen molar-refractivity contribution in [2.45, 2.75) is 70.4 Å². The molecule has 2 aliphatic heterocycles. The number of unbranched alkanes of at least 4 members (excludes halogenated alkanes) is 1. The van der Waals surface area contributed by atoms with Crippen LogP contribution in [0, 0.1) is 11.8 Å². The molecule has 5 nitrogen and oxygen atoms in total. The van der Waals surface area contributed by atoms with E-state index in [9.17, 15) is 4.79 Å². The summed E-state index contributed by atoms with van der Waals surface area (Å²) in [6.07, 6.45) is 6.13. The number of aliphatic imine (C=N–C) groups is 1. The average Bonchev–Trinajstić information content (AvgIpc) is 3.44. The van der Waals surface area contributed by atoms with Crippen LogP contribution in [0.4, 0.5) is 0 Å². The largest absolute Gasteiger partial charge is 0.467 e. The molecule has 5 atom stereocenters. The predicted octanol–water partition coefficient (Wildman–Crippen LogP) is 5.14. The predicted molar refractivity (Wildman–Crippen MR) is 115 cm³/mol. The Bertz CT molecular complexity index is 923. The van der Waals surface area contributed by atoms with Crippen LogP contribution in [0.25, 0.3) is 0 Å². The number of amides is 1. The van der Waals surface area contributed by atoms with Gasteiger partial charge in [-0.15, -0.1) is 0 Å². The fraction of sp³-hybridized carbons (Fsp3) is 0.520. The van der Waals surface area contributed by atoms with E-state index < -0.39 is 5.72 Å². The normalized spacial score (nSPS) is 32.8. The van der Waals surface area contributed by atoms with Gasteiger partial charge in [-0.3, -0.25) is 9.79 Å². The van der Waals surface area contributed by atoms with Crippen molar-refractivity contribution in [3.05, 3.63) is 60.1 Å². The average molecular weight is 407 g/mol. The topological polar surface area (TPSA) is 55.0 Å². The summed E-state index contributed by atoms with van der Waals surface area (Å²) in [5.41, 5.74) is 1.62. The van der Waals surface area contributed by atoms with Crippen LogP contribution in [0.1, 0.15) is 63.2 Å². The first-order valence-corrected chi connectivity index (χ1v) is 11.3. The molecule has 5 rings (SSSR count). The lowest BCUT2D eigenvalue weighted by molar-refractivity contribution is -0.151. The maximum atomic E-state index is 13.7. The van der Waals surface area contributed by atoms with Gasteiger partial charge >= 0.3 is 0 Å². The van der Waals surface area contributed by atoms with Crippen molar-refractivity contribution < 1.29 is 13.9 Å². The van der Waals surface area contributed by atoms with Gasteiger partial charge in [-0.2, -0.15) is 0 Å². The first-order valence-electron chi connectivity index (χ1n) is 11.3. The van der Waals surface area contributed by atoms with Crippen LogP contribution in [0.3, 0.4) is 0 Å². The third kappa shape index (κ3) is 3.11. The number of likely N-dealkylation sites (tertiary alicyclic amines) is 1. The molecule has 1 aliphatic carbocycles. The highest BCUT2D eigenvalue weighted by molar-refractivity contribution is 6.01. The second kappa shape index (κ2) is 7.69. The molecule has 1 unspecified atom stereocenters. The second-order valence-corrected chi connectivity index (χ2v) is 8.97. The number of benzene rings is 1. The number of nitrogens with zero attached hydrogens (tertiary/aromatic N) is 2. The fourth-order valence-electron chi connectivity index (χ4n) is 5.54. The van der Waals surface area contributed by atoms with E-state index in [1.807, 2.05) is 23.1 Å². The SMILES string of the molecule is CCCC[C@@H]1N=C2C[C@H](c3ccccc3)[C@@H](C)C3C[C@@]2(O1)N(Cc1ccco1)C3=O. The molecular weight excluding hydrogens is 376 g/mol. The van der Waals surface area contributed by atoms with Gasteiger partial charge < -0.3 is 14.1 Å². The van der Waals surface area contributed by atoms with E-state index in [0.717, 1.165) is 37.2 Å². The van der Waals surface area contributed by atoms with Crippen LogP contribution in [-0.4, -0.2) is 28.5 Å². The van der Waals surface area contributed by atoms with Crippen LogP contribution < -0.4 is 0 Å². The number of rotatable bonds is 6. The molecule has 2 bridgehead atoms. The van der Waals surface area contributed by atoms with Gasteiger partial charge in [0, 0.05) is 12.3 Å². The number of fused-ring (bicyclic) bond motifs is 1. The molecule has 30 heavy (non-hydrogen) atoms. The zero-order valence-electron chi connectivity index (χ0n) is 17.8. The standard InChI is InChI=1S/C25H30N2O3/c1-3-4-12-23-26-22-14-20(18-9-6-5-7-10-18)17(2)21-15-25(22,30-23)27(24(21)28)16-19-11-8-13-29-19/h5-11,13,17,20-21,23H,3-4,12,14-16H2,1-2H3/t17-,20+,21?,23-,25+/m1/s1. The molecule has 5 heteroatoms. The van der Waals surface area contributed by atoms with E-state index in [2.05, 4.69) is 38.1 Å². The van der Waals surface area contributed by atoms with E-state index in [1.165, 1.54) is 5.56 Å². The molecule has 3 heterocycles. The Labute approximate surface area is 178 Å². The number of hydrogen-bond acceptors (Lipinski definition) is 4. The Morgan fingerprint density at radius 1 is 1.17 bits per heavy atom. The number of carbonyl (C=O) groups is 1. The lowest BCUT2D eigenvalue weighted by Crippen LogP contribution is -2.52. The van der Waals surface area contributed by atoms with Gasteiger partial charge in [0.2, 0.25) is 5.91 Å². The molecular formula is C25H30N2O3. The molecule has 158 valence electrons. The maximum absolute atomic E-state index is 13.7. The number of carbonyl (C=O) groups excluding carboxylic acids is 1. The molecule has 1 amide bonds. The van der Waals surface area contributed by atoms with Crippen molar-refractivity contribution in [1.29, 1.82) is 0 Å². The lowest BCUT2D eigenvalue weighted by atomic mass is 9.78. The molecule has 1 saturated heterocycles. The molecule has 0 N–H and O–H groups in total. The Morgan fingerprint density at radius 3 is 2.73 bits per heavy atom. The van der Waals surface area contributed by atoms with Gasteiger partial charge in [0.1, 0.15) is 5.76 Å². The van der Waals surface area contributed by atoms with Crippen LogP contribution in [-0.2, 0) is 16.1 Å². The maximum Gasteiger partial charge on any atom is 0.229 e. The van der Waals surface area contributed by atoms with E-state index >= 15 is 0 Å². The number of hydrogen-bond donors (Lipinski definition) is 0. The van der Waals surface area contributed by atoms with Crippen LogP contribution >= 0.6 is 0 Å². The van der Waals surface area contributed by atoms with Gasteiger partial charge in [0.05, 0.1) is 18.5 Å². The Kier molecular flexibility index (Phi) is 5.02. The summed E-state index contributed by atoms with van der Waals surface area (Å²) in [7, 11) is 0. The van der Waals surface area contributed by atoms with Gasteiger partial charge in [-0.25, -0.2) is 0 Å². The summed E-state index contributed by atoms with van der Waals surface area (Å²) in [5, 5.41) is 0. The molecule has 1 aromatic carbocycles. The first-order chi connectivity index (χ1) is 14.6. The van der Waals surface area contributed by atoms with Crippen molar-refractivity contribution in [2.75, 3.05) is 0 Å². The van der Waals surface area contributed by atoms with Gasteiger partial charge in [-0.1, -0.05) is 50.6 Å². The smallest absolute Gasteiger partial charge is 0.229 e. The molecule has 1 aromatic heterocycles. The van der Waals surface area contributed by atoms with Crippen molar-refractivity contribution in [3.63, 3.8) is 0 Å². The van der Waals surface area contributed by atoms with Crippen molar-refractivity contribution >= 4 is 11.6 Å². The van der Waals surface area contributed by atoms with Crippen LogP contribution in [0.2, 0.25) is 0 Å². The number of furan rings is 1. The lowest BCUT2D eigenvalue weighted by Gasteiger charge is -2.37. The Balaban J connectivity index is 1.54. The molecule has 0 radical (unpaired) electrons. The minimum Gasteiger partial charge on any atom is -0.467 e. The zero-order chi connectivity index (χ0) is 20.7. The summed E-state index contributed by atoms with van der Waals surface area (Å²) in [5.74, 6) is 1.40. The van der Waals surface area contributed by atoms with Crippen molar-refractivity contribution in [1.82, 2.24) is 4.90 Å². The molecule has 1 saturated carbocycles. The van der Waals surface area contributed by atoms with E-state index in [1.54, 1.807) is 6.26 Å². The van der Waals surface area contributed by atoms with Crippen molar-refractivity contribution in [3.8, 4) is 0 Å². The quantitative estimate of drug-likeness (QED) is 0.668. The highest BCUT2D eigenvalue weighted by Crippen LogP contribution is 2.53. The highest BCUT2D eigenvalue weighted by atomic mass is 16.6. The van der Waals surface area contributed by atoms with E-state index in [4.69, 9.17) is 14.1 Å². The van der Waals surface area contributed by atoms with Gasteiger partial charge in [0.25, 0.3) is 0 Å². The summed E-state index contributed by atoms with van der Waals surface area (Å²) in [4.78, 5) is 20.6. The number of ether oxygens (including phenoxy) is 1. The van der Waals surface area contributed by atoms with E-state index in [-0.39, 0.29) is 29.9 Å². The highest BCUT2D eigenvalue weighted by Gasteiger charge is 2.62. The summed E-state index contributed by atoms with van der Waals surface area (Å²) < 4.78 is 12.2. The minimum atomic E-state index is -0.718. The van der Waals surface area contributed by atoms with Gasteiger partial charge in [0.15, 0.2) is 12.0 Å². The molecule has 2 aromatic rings. The monoisotopic (exact) mass is 406 g/mol. The summed E-state index contributed by atoms with van der Waals surface area (Å²) >= 11 is 0. The second-order valence-electron chi connectivity index (χ2n) is 8.97. The van der Waals surface area contributed by atoms with Gasteiger partial charge in [-0.05, 0) is 48.8 Å². The molecule has 2 fully saturated rings. The molecule has 3 aliphatic rings. The van der Waals surface area contributed by atoms with Crippen LogP contribution in [0.15, 0.2) is 58.1 Å². The third-order valence-corrected chi connectivity index (χ3v) is 7.21. The van der Waals surface area contributed by atoms with Crippen molar-refractivity contribution in [2.24, 2.45) is 16.8 Å². The Morgan fingerprint density at radius 2 is 2.00 bits per heavy atom. The summed E-state index contributed by atoms with van der Waals surface area (Å²) in [6, 6.07) is 14.4.